The lowest BCUT2D eigenvalue weighted by atomic mass is 10.2. The van der Waals surface area contributed by atoms with E-state index in [1.54, 1.807) is 6.07 Å². The van der Waals surface area contributed by atoms with Crippen LogP contribution in [-0.4, -0.2) is 28.2 Å². The van der Waals surface area contributed by atoms with E-state index in [2.05, 4.69) is 15.5 Å². The van der Waals surface area contributed by atoms with Crippen LogP contribution in [0.15, 0.2) is 22.7 Å². The fraction of sp³-hybridized carbons (Fsp3) is 0.333. The number of rotatable bonds is 5. The summed E-state index contributed by atoms with van der Waals surface area (Å²) in [5, 5.41) is 18.2. The van der Waals surface area contributed by atoms with Gasteiger partial charge in [0.1, 0.15) is 5.56 Å². The molecule has 20 heavy (non-hydrogen) atoms. The van der Waals surface area contributed by atoms with Crippen molar-refractivity contribution < 1.29 is 9.45 Å². The fourth-order valence-electron chi connectivity index (χ4n) is 1.66. The topological polar surface area (TPSA) is 94.1 Å². The fourth-order valence-corrected chi connectivity index (χ4v) is 1.83. The van der Waals surface area contributed by atoms with Crippen molar-refractivity contribution in [3.05, 3.63) is 39.2 Å². The van der Waals surface area contributed by atoms with E-state index in [-0.39, 0.29) is 28.2 Å². The summed E-state index contributed by atoms with van der Waals surface area (Å²) in [6, 6.07) is 4.49. The van der Waals surface area contributed by atoms with Crippen molar-refractivity contribution in [3.63, 3.8) is 0 Å². The van der Waals surface area contributed by atoms with Gasteiger partial charge in [-0.1, -0.05) is 16.8 Å². The number of benzene rings is 1. The second-order valence-corrected chi connectivity index (χ2v) is 4.76. The van der Waals surface area contributed by atoms with Crippen LogP contribution in [-0.2, 0) is 6.42 Å². The Morgan fingerprint density at radius 2 is 2.30 bits per heavy atom. The maximum atomic E-state index is 11.0. The molecule has 0 spiro atoms. The molecule has 1 unspecified atom stereocenters. The molecule has 0 saturated heterocycles. The highest BCUT2D eigenvalue weighted by Gasteiger charge is 2.21. The van der Waals surface area contributed by atoms with Gasteiger partial charge in [-0.3, -0.25) is 10.1 Å². The van der Waals surface area contributed by atoms with Gasteiger partial charge in [0.15, 0.2) is 5.82 Å². The Labute approximate surface area is 120 Å². The molecule has 0 fully saturated rings. The van der Waals surface area contributed by atoms with Gasteiger partial charge in [-0.15, -0.1) is 0 Å². The second kappa shape index (κ2) is 5.98. The maximum Gasteiger partial charge on any atom is 0.283 e. The van der Waals surface area contributed by atoms with Crippen LogP contribution in [0.5, 0.6) is 0 Å². The molecule has 8 heteroatoms. The molecule has 0 aliphatic carbocycles. The van der Waals surface area contributed by atoms with Crippen molar-refractivity contribution in [1.29, 1.82) is 0 Å². The normalized spacial score (nSPS) is 12.3. The summed E-state index contributed by atoms with van der Waals surface area (Å²) >= 11 is 5.76. The predicted molar refractivity (Wildman–Crippen MR) is 73.6 cm³/mol. The highest BCUT2D eigenvalue weighted by atomic mass is 35.5. The molecule has 0 radical (unpaired) electrons. The van der Waals surface area contributed by atoms with Gasteiger partial charge in [-0.25, -0.2) is 0 Å². The third-order valence-corrected chi connectivity index (χ3v) is 3.07. The van der Waals surface area contributed by atoms with Crippen molar-refractivity contribution in [1.82, 2.24) is 15.5 Å². The largest absolute Gasteiger partial charge is 0.334 e. The van der Waals surface area contributed by atoms with Gasteiger partial charge < -0.3 is 9.84 Å². The number of nitrogens with zero attached hydrogens (tertiary/aromatic N) is 3. The number of hydrogen-bond donors (Lipinski definition) is 1. The van der Waals surface area contributed by atoms with E-state index in [1.165, 1.54) is 12.1 Å². The van der Waals surface area contributed by atoms with Crippen LogP contribution in [0.25, 0.3) is 11.5 Å². The molecular formula is C12H13ClN4O3. The maximum absolute atomic E-state index is 11.0. The number of halogens is 1. The van der Waals surface area contributed by atoms with E-state index >= 15 is 0 Å². The molecule has 0 amide bonds. The summed E-state index contributed by atoms with van der Waals surface area (Å²) in [5.74, 6) is 0.609. The Hall–Kier alpha value is -1.99. The van der Waals surface area contributed by atoms with E-state index in [0.717, 1.165) is 0 Å². The van der Waals surface area contributed by atoms with Gasteiger partial charge in [0.2, 0.25) is 0 Å². The van der Waals surface area contributed by atoms with Crippen molar-refractivity contribution >= 4 is 17.3 Å². The monoisotopic (exact) mass is 296 g/mol. The average Bonchev–Trinajstić information content (AvgIpc) is 2.86. The number of aromatic nitrogens is 2. The lowest BCUT2D eigenvalue weighted by Crippen LogP contribution is -2.24. The van der Waals surface area contributed by atoms with Gasteiger partial charge in [0.25, 0.3) is 11.6 Å². The van der Waals surface area contributed by atoms with E-state index < -0.39 is 4.92 Å². The first-order chi connectivity index (χ1) is 9.51. The molecule has 1 N–H and O–H groups in total. The summed E-state index contributed by atoms with van der Waals surface area (Å²) in [6.07, 6.45) is 0.571. The second-order valence-electron chi connectivity index (χ2n) is 4.33. The first kappa shape index (κ1) is 14.4. The molecule has 0 aliphatic rings. The third-order valence-electron chi connectivity index (χ3n) is 2.84. The molecule has 106 valence electrons. The zero-order chi connectivity index (χ0) is 14.7. The molecule has 0 bridgehead atoms. The van der Waals surface area contributed by atoms with E-state index in [1.807, 2.05) is 14.0 Å². The molecule has 2 aromatic rings. The van der Waals surface area contributed by atoms with E-state index in [4.69, 9.17) is 16.1 Å². The third kappa shape index (κ3) is 3.12. The predicted octanol–water partition coefficient (Wildman–Crippen LogP) is 2.45. The van der Waals surface area contributed by atoms with Crippen LogP contribution in [0.1, 0.15) is 12.7 Å². The quantitative estimate of drug-likeness (QED) is 0.673. The number of nitro groups is 1. The molecule has 2 rings (SSSR count). The number of nitrogens with one attached hydrogen (secondary N) is 1. The smallest absolute Gasteiger partial charge is 0.283 e. The van der Waals surface area contributed by atoms with E-state index in [0.29, 0.717) is 12.2 Å². The Morgan fingerprint density at radius 3 is 2.95 bits per heavy atom. The van der Waals surface area contributed by atoms with Crippen molar-refractivity contribution in [2.45, 2.75) is 19.4 Å². The van der Waals surface area contributed by atoms with Crippen molar-refractivity contribution in [2.75, 3.05) is 7.05 Å². The lowest BCUT2D eigenvalue weighted by molar-refractivity contribution is -0.384. The van der Waals surface area contributed by atoms with Crippen LogP contribution in [0, 0.1) is 10.1 Å². The highest BCUT2D eigenvalue weighted by Crippen LogP contribution is 2.31. The molecule has 1 atom stereocenters. The Balaban J connectivity index is 2.35. The van der Waals surface area contributed by atoms with Crippen LogP contribution in [0.2, 0.25) is 5.02 Å². The SMILES string of the molecule is CNC(C)Cc1noc(-c2ccc(Cl)cc2[N+](=O)[O-])n1. The molecule has 7 nitrogen and oxygen atoms in total. The first-order valence-corrected chi connectivity index (χ1v) is 6.33. The van der Waals surface area contributed by atoms with Crippen LogP contribution < -0.4 is 5.32 Å². The van der Waals surface area contributed by atoms with Crippen LogP contribution >= 0.6 is 11.6 Å². The lowest BCUT2D eigenvalue weighted by Gasteiger charge is -2.04. The summed E-state index contributed by atoms with van der Waals surface area (Å²) in [4.78, 5) is 14.7. The molecule has 1 aromatic carbocycles. The Kier molecular flexibility index (Phi) is 4.31. The van der Waals surface area contributed by atoms with Gasteiger partial charge in [-0.2, -0.15) is 4.98 Å². The molecular weight excluding hydrogens is 284 g/mol. The van der Waals surface area contributed by atoms with Crippen LogP contribution in [0.3, 0.4) is 0 Å². The number of nitro benzene ring substituents is 1. The highest BCUT2D eigenvalue weighted by molar-refractivity contribution is 6.30. The van der Waals surface area contributed by atoms with Gasteiger partial charge in [0.05, 0.1) is 4.92 Å². The molecule has 1 aromatic heterocycles. The minimum absolute atomic E-state index is 0.117. The standard InChI is InChI=1S/C12H13ClN4O3/c1-7(14-2)5-11-15-12(20-16-11)9-4-3-8(13)6-10(9)17(18)19/h3-4,6-7,14H,5H2,1-2H3. The summed E-state index contributed by atoms with van der Waals surface area (Å²) in [6.45, 7) is 1.97. The van der Waals surface area contributed by atoms with Crippen LogP contribution in [0.4, 0.5) is 5.69 Å². The first-order valence-electron chi connectivity index (χ1n) is 5.95. The van der Waals surface area contributed by atoms with Gasteiger partial charge in [0, 0.05) is 23.6 Å². The minimum atomic E-state index is -0.526. The summed E-state index contributed by atoms with van der Waals surface area (Å²) < 4.78 is 5.09. The number of likely N-dealkylation sites (N-methyl/N-ethyl adjacent to an activating group) is 1. The van der Waals surface area contributed by atoms with E-state index in [9.17, 15) is 10.1 Å². The van der Waals surface area contributed by atoms with Crippen molar-refractivity contribution in [3.8, 4) is 11.5 Å². The summed E-state index contributed by atoms with van der Waals surface area (Å²) in [7, 11) is 1.83. The molecule has 0 aliphatic heterocycles. The van der Waals surface area contributed by atoms with Gasteiger partial charge in [-0.05, 0) is 26.1 Å². The number of hydrogen-bond acceptors (Lipinski definition) is 6. The van der Waals surface area contributed by atoms with Crippen molar-refractivity contribution in [2.24, 2.45) is 0 Å². The molecule has 0 saturated carbocycles. The Morgan fingerprint density at radius 1 is 1.55 bits per heavy atom. The van der Waals surface area contributed by atoms with Gasteiger partial charge >= 0.3 is 0 Å². The molecule has 1 heterocycles. The zero-order valence-corrected chi connectivity index (χ0v) is 11.7. The minimum Gasteiger partial charge on any atom is -0.334 e. The average molecular weight is 297 g/mol. The Bertz CT molecular complexity index is 629. The summed E-state index contributed by atoms with van der Waals surface area (Å²) in [5.41, 5.74) is 0.102. The zero-order valence-electron chi connectivity index (χ0n) is 11.0.